The lowest BCUT2D eigenvalue weighted by Crippen LogP contribution is -2.38. The molecule has 0 fully saturated rings. The van der Waals surface area contributed by atoms with Gasteiger partial charge in [0, 0.05) is 6.54 Å². The van der Waals surface area contributed by atoms with Gasteiger partial charge in [-0.05, 0) is 25.2 Å². The molecule has 2 nitrogen and oxygen atoms in total. The van der Waals surface area contributed by atoms with Crippen molar-refractivity contribution in [2.75, 3.05) is 20.6 Å². The molecule has 19 heavy (non-hydrogen) atoms. The number of halogens is 1. The number of hydrogen-bond acceptors (Lipinski definition) is 2. The van der Waals surface area contributed by atoms with Gasteiger partial charge in [0.25, 0.3) is 0 Å². The SMILES string of the molecule is CN(C)CC(O)(c1ccccc1)c1ccccc1.Cl. The second-order valence-electron chi connectivity index (χ2n) is 4.83. The molecule has 0 aromatic heterocycles. The van der Waals surface area contributed by atoms with Crippen molar-refractivity contribution in [2.24, 2.45) is 0 Å². The van der Waals surface area contributed by atoms with E-state index >= 15 is 0 Å². The fraction of sp³-hybridized carbons (Fsp3) is 0.250. The maximum Gasteiger partial charge on any atom is 0.127 e. The van der Waals surface area contributed by atoms with Crippen LogP contribution in [0.2, 0.25) is 0 Å². The Bertz CT molecular complexity index is 445. The molecule has 0 aliphatic carbocycles. The quantitative estimate of drug-likeness (QED) is 0.929. The molecule has 3 heteroatoms. The maximum absolute atomic E-state index is 11.1. The zero-order valence-electron chi connectivity index (χ0n) is 11.3. The number of nitrogens with zero attached hydrogens (tertiary/aromatic N) is 1. The van der Waals surface area contributed by atoms with E-state index in [1.807, 2.05) is 79.7 Å². The number of hydrogen-bond donors (Lipinski definition) is 1. The highest BCUT2D eigenvalue weighted by Gasteiger charge is 2.31. The van der Waals surface area contributed by atoms with Gasteiger partial charge in [0.15, 0.2) is 0 Å². The molecule has 0 aliphatic heterocycles. The predicted molar refractivity (Wildman–Crippen MR) is 81.7 cm³/mol. The molecule has 0 aliphatic rings. The Morgan fingerprint density at radius 1 is 0.842 bits per heavy atom. The molecular weight excluding hydrogens is 258 g/mol. The number of benzene rings is 2. The molecule has 0 unspecified atom stereocenters. The summed E-state index contributed by atoms with van der Waals surface area (Å²) >= 11 is 0. The molecule has 102 valence electrons. The average Bonchev–Trinajstić information content (AvgIpc) is 2.40. The third-order valence-electron chi connectivity index (χ3n) is 3.05. The lowest BCUT2D eigenvalue weighted by atomic mass is 9.86. The molecule has 0 amide bonds. The first-order valence-corrected chi connectivity index (χ1v) is 6.11. The van der Waals surface area contributed by atoms with Crippen LogP contribution in [0.15, 0.2) is 60.7 Å². The van der Waals surface area contributed by atoms with E-state index in [9.17, 15) is 5.11 Å². The van der Waals surface area contributed by atoms with Crippen LogP contribution < -0.4 is 0 Å². The minimum atomic E-state index is -0.966. The summed E-state index contributed by atoms with van der Waals surface area (Å²) in [5.41, 5.74) is 0.876. The molecule has 0 heterocycles. The normalized spacial score (nSPS) is 11.2. The standard InChI is InChI=1S/C16H19NO.ClH/c1-17(2)13-16(18,14-9-5-3-6-10-14)15-11-7-4-8-12-15;/h3-12,18H,13H2,1-2H3;1H. The smallest absolute Gasteiger partial charge is 0.127 e. The molecule has 0 spiro atoms. The monoisotopic (exact) mass is 277 g/mol. The van der Waals surface area contributed by atoms with Gasteiger partial charge >= 0.3 is 0 Å². The lowest BCUT2D eigenvalue weighted by Gasteiger charge is -2.32. The van der Waals surface area contributed by atoms with Crippen molar-refractivity contribution in [2.45, 2.75) is 5.60 Å². The minimum absolute atomic E-state index is 0. The summed E-state index contributed by atoms with van der Waals surface area (Å²) in [6.45, 7) is 0.557. The highest BCUT2D eigenvalue weighted by molar-refractivity contribution is 5.85. The summed E-state index contributed by atoms with van der Waals surface area (Å²) in [6.07, 6.45) is 0. The third kappa shape index (κ3) is 3.57. The van der Waals surface area contributed by atoms with Gasteiger partial charge in [-0.2, -0.15) is 0 Å². The van der Waals surface area contributed by atoms with Crippen LogP contribution in [-0.2, 0) is 5.60 Å². The molecule has 0 radical (unpaired) electrons. The Morgan fingerprint density at radius 3 is 1.53 bits per heavy atom. The van der Waals surface area contributed by atoms with Crippen molar-refractivity contribution in [1.82, 2.24) is 4.90 Å². The Hall–Kier alpha value is -1.35. The number of rotatable bonds is 4. The van der Waals surface area contributed by atoms with Crippen LogP contribution >= 0.6 is 12.4 Å². The Kier molecular flexibility index (Phi) is 5.55. The van der Waals surface area contributed by atoms with Crippen molar-refractivity contribution in [3.8, 4) is 0 Å². The first-order chi connectivity index (χ1) is 8.63. The second-order valence-corrected chi connectivity index (χ2v) is 4.83. The molecule has 0 atom stereocenters. The molecule has 2 rings (SSSR count). The minimum Gasteiger partial charge on any atom is -0.379 e. The molecule has 1 N–H and O–H groups in total. The van der Waals surface area contributed by atoms with Crippen molar-refractivity contribution < 1.29 is 5.11 Å². The summed E-state index contributed by atoms with van der Waals surface area (Å²) in [4.78, 5) is 2.00. The first-order valence-electron chi connectivity index (χ1n) is 6.11. The fourth-order valence-electron chi connectivity index (χ4n) is 2.23. The Balaban J connectivity index is 0.00000180. The largest absolute Gasteiger partial charge is 0.379 e. The Labute approximate surface area is 121 Å². The van der Waals surface area contributed by atoms with E-state index in [0.29, 0.717) is 6.54 Å². The second kappa shape index (κ2) is 6.71. The fourth-order valence-corrected chi connectivity index (χ4v) is 2.23. The van der Waals surface area contributed by atoms with Crippen LogP contribution in [-0.4, -0.2) is 30.6 Å². The van der Waals surface area contributed by atoms with Crippen LogP contribution in [0.25, 0.3) is 0 Å². The zero-order valence-corrected chi connectivity index (χ0v) is 12.1. The van der Waals surface area contributed by atoms with Crippen LogP contribution in [0.4, 0.5) is 0 Å². The average molecular weight is 278 g/mol. The van der Waals surface area contributed by atoms with Gasteiger partial charge < -0.3 is 10.0 Å². The summed E-state index contributed by atoms with van der Waals surface area (Å²) in [5.74, 6) is 0. The van der Waals surface area contributed by atoms with Crippen molar-refractivity contribution in [3.63, 3.8) is 0 Å². The summed E-state index contributed by atoms with van der Waals surface area (Å²) < 4.78 is 0. The van der Waals surface area contributed by atoms with E-state index < -0.39 is 5.60 Å². The lowest BCUT2D eigenvalue weighted by molar-refractivity contribution is 0.0514. The topological polar surface area (TPSA) is 23.5 Å². The third-order valence-corrected chi connectivity index (χ3v) is 3.05. The van der Waals surface area contributed by atoms with E-state index in [1.54, 1.807) is 0 Å². The van der Waals surface area contributed by atoms with Gasteiger partial charge in [-0.25, -0.2) is 0 Å². The molecule has 2 aromatic carbocycles. The van der Waals surface area contributed by atoms with Gasteiger partial charge in [0.2, 0.25) is 0 Å². The van der Waals surface area contributed by atoms with Gasteiger partial charge in [0.05, 0.1) is 0 Å². The molecule has 0 saturated heterocycles. The van der Waals surface area contributed by atoms with Gasteiger partial charge in [-0.1, -0.05) is 60.7 Å². The van der Waals surface area contributed by atoms with Gasteiger partial charge in [-0.3, -0.25) is 0 Å². The number of aliphatic hydroxyl groups is 1. The van der Waals surface area contributed by atoms with Crippen molar-refractivity contribution in [1.29, 1.82) is 0 Å². The summed E-state index contributed by atoms with van der Waals surface area (Å²) in [6, 6.07) is 19.6. The molecular formula is C16H20ClNO. The van der Waals surface area contributed by atoms with E-state index in [2.05, 4.69) is 0 Å². The molecule has 0 saturated carbocycles. The first kappa shape index (κ1) is 15.7. The van der Waals surface area contributed by atoms with Crippen LogP contribution in [0, 0.1) is 0 Å². The zero-order chi connectivity index (χ0) is 13.0. The Morgan fingerprint density at radius 2 is 1.21 bits per heavy atom. The van der Waals surface area contributed by atoms with E-state index in [4.69, 9.17) is 0 Å². The van der Waals surface area contributed by atoms with Crippen LogP contribution in [0.1, 0.15) is 11.1 Å². The van der Waals surface area contributed by atoms with Crippen molar-refractivity contribution >= 4 is 12.4 Å². The van der Waals surface area contributed by atoms with E-state index in [0.717, 1.165) is 11.1 Å². The van der Waals surface area contributed by atoms with E-state index in [-0.39, 0.29) is 12.4 Å². The van der Waals surface area contributed by atoms with Gasteiger partial charge in [-0.15, -0.1) is 12.4 Å². The highest BCUT2D eigenvalue weighted by atomic mass is 35.5. The van der Waals surface area contributed by atoms with Crippen LogP contribution in [0.3, 0.4) is 0 Å². The summed E-state index contributed by atoms with van der Waals surface area (Å²) in [7, 11) is 3.94. The van der Waals surface area contributed by atoms with E-state index in [1.165, 1.54) is 0 Å². The van der Waals surface area contributed by atoms with Crippen LogP contribution in [0.5, 0.6) is 0 Å². The highest BCUT2D eigenvalue weighted by Crippen LogP contribution is 2.29. The maximum atomic E-state index is 11.1. The van der Waals surface area contributed by atoms with Crippen molar-refractivity contribution in [3.05, 3.63) is 71.8 Å². The number of likely N-dealkylation sites (N-methyl/N-ethyl adjacent to an activating group) is 1. The predicted octanol–water partition coefficient (Wildman–Crippen LogP) is 2.91. The molecule has 2 aromatic rings. The molecule has 0 bridgehead atoms. The van der Waals surface area contributed by atoms with Gasteiger partial charge in [0.1, 0.15) is 5.60 Å². The summed E-state index contributed by atoms with van der Waals surface area (Å²) in [5, 5.41) is 11.1.